The van der Waals surface area contributed by atoms with E-state index in [2.05, 4.69) is 4.90 Å². The summed E-state index contributed by atoms with van der Waals surface area (Å²) in [5.41, 5.74) is 1.60. The van der Waals surface area contributed by atoms with Gasteiger partial charge < -0.3 is 24.3 Å². The molecule has 0 unspecified atom stereocenters. The van der Waals surface area contributed by atoms with Crippen molar-refractivity contribution in [3.63, 3.8) is 0 Å². The molecule has 0 aliphatic carbocycles. The maximum absolute atomic E-state index is 12.7. The molecule has 4 aromatic rings. The van der Waals surface area contributed by atoms with Gasteiger partial charge in [0, 0.05) is 18.7 Å². The van der Waals surface area contributed by atoms with E-state index in [1.165, 1.54) is 6.07 Å². The summed E-state index contributed by atoms with van der Waals surface area (Å²) in [5, 5.41) is 20.5. The maximum Gasteiger partial charge on any atom is 0.204 e. The second kappa shape index (κ2) is 9.10. The third-order valence-electron chi connectivity index (χ3n) is 5.20. The third kappa shape index (κ3) is 4.81. The lowest BCUT2D eigenvalue weighted by molar-refractivity contribution is 0.275. The van der Waals surface area contributed by atoms with E-state index in [-0.39, 0.29) is 22.3 Å². The number of nitrogens with zero attached hydrogens (tertiary/aromatic N) is 1. The highest BCUT2D eigenvalue weighted by atomic mass is 16.5. The van der Waals surface area contributed by atoms with Gasteiger partial charge >= 0.3 is 0 Å². The minimum atomic E-state index is -0.254. The van der Waals surface area contributed by atoms with Crippen LogP contribution in [0.15, 0.2) is 69.9 Å². The van der Waals surface area contributed by atoms with Crippen molar-refractivity contribution >= 4 is 21.9 Å². The molecule has 160 valence electrons. The summed E-state index contributed by atoms with van der Waals surface area (Å²) in [4.78, 5) is 14.8. The number of fused-ring (bicyclic) bond motifs is 2. The summed E-state index contributed by atoms with van der Waals surface area (Å²) in [7, 11) is 2.04. The van der Waals surface area contributed by atoms with E-state index in [9.17, 15) is 15.0 Å². The Morgan fingerprint density at radius 1 is 0.968 bits per heavy atom. The first-order chi connectivity index (χ1) is 15.0. The molecule has 0 saturated heterocycles. The van der Waals surface area contributed by atoms with Crippen LogP contribution in [0, 0.1) is 0 Å². The number of hydrogen-bond donors (Lipinski definition) is 2. The lowest BCUT2D eigenvalue weighted by Crippen LogP contribution is -2.19. The first kappa shape index (κ1) is 20.8. The van der Waals surface area contributed by atoms with Crippen LogP contribution in [0.25, 0.3) is 21.9 Å². The highest BCUT2D eigenvalue weighted by Crippen LogP contribution is 2.30. The highest BCUT2D eigenvalue weighted by Gasteiger charge is 2.13. The fourth-order valence-electron chi connectivity index (χ4n) is 3.68. The molecular formula is C25H25NO5. The number of hydrogen-bond acceptors (Lipinski definition) is 6. The highest BCUT2D eigenvalue weighted by molar-refractivity contribution is 5.93. The zero-order valence-corrected chi connectivity index (χ0v) is 17.4. The molecule has 1 heterocycles. The van der Waals surface area contributed by atoms with Gasteiger partial charge in [0.05, 0.1) is 12.0 Å². The number of phenols is 2. The lowest BCUT2D eigenvalue weighted by Gasteiger charge is -2.17. The fourth-order valence-corrected chi connectivity index (χ4v) is 3.68. The van der Waals surface area contributed by atoms with Gasteiger partial charge in [0.2, 0.25) is 5.43 Å². The van der Waals surface area contributed by atoms with Crippen molar-refractivity contribution in [2.45, 2.75) is 19.4 Å². The quantitative estimate of drug-likeness (QED) is 0.320. The normalized spacial score (nSPS) is 11.4. The minimum Gasteiger partial charge on any atom is -0.508 e. The first-order valence-corrected chi connectivity index (χ1v) is 10.3. The minimum absolute atomic E-state index is 0.141. The van der Waals surface area contributed by atoms with Gasteiger partial charge in [-0.15, -0.1) is 0 Å². The Labute approximate surface area is 179 Å². The second-order valence-corrected chi connectivity index (χ2v) is 7.71. The van der Waals surface area contributed by atoms with Crippen molar-refractivity contribution in [2.75, 3.05) is 20.2 Å². The van der Waals surface area contributed by atoms with Gasteiger partial charge in [-0.2, -0.15) is 0 Å². The number of para-hydroxylation sites is 1. The van der Waals surface area contributed by atoms with Crippen LogP contribution in [-0.2, 0) is 6.54 Å². The van der Waals surface area contributed by atoms with Gasteiger partial charge in [-0.25, -0.2) is 0 Å². The van der Waals surface area contributed by atoms with Crippen LogP contribution in [0.1, 0.15) is 18.4 Å². The Balaban J connectivity index is 1.34. The predicted molar refractivity (Wildman–Crippen MR) is 121 cm³/mol. The third-order valence-corrected chi connectivity index (χ3v) is 5.20. The topological polar surface area (TPSA) is 83.1 Å². The molecule has 2 N–H and O–H groups in total. The number of benzene rings is 3. The zero-order chi connectivity index (χ0) is 21.8. The zero-order valence-electron chi connectivity index (χ0n) is 17.4. The van der Waals surface area contributed by atoms with E-state index in [1.54, 1.807) is 42.5 Å². The maximum atomic E-state index is 12.7. The Morgan fingerprint density at radius 2 is 1.81 bits per heavy atom. The SMILES string of the molecule is CN(CCCCOc1cc(O)c2c(=O)c3ccccc3oc2c1)Cc1cccc(O)c1. The number of phenolic OH excluding ortho intramolecular Hbond substituents is 2. The van der Waals surface area contributed by atoms with Crippen molar-refractivity contribution in [3.8, 4) is 17.2 Å². The summed E-state index contributed by atoms with van der Waals surface area (Å²) in [6.07, 6.45) is 1.78. The largest absolute Gasteiger partial charge is 0.508 e. The van der Waals surface area contributed by atoms with Crippen LogP contribution in [0.3, 0.4) is 0 Å². The number of aromatic hydroxyl groups is 2. The van der Waals surface area contributed by atoms with Gasteiger partial charge in [0.1, 0.15) is 33.8 Å². The van der Waals surface area contributed by atoms with E-state index in [4.69, 9.17) is 9.15 Å². The molecule has 3 aromatic carbocycles. The Bertz CT molecular complexity index is 1260. The molecule has 1 aromatic heterocycles. The molecule has 0 spiro atoms. The molecule has 0 radical (unpaired) electrons. The number of unbranched alkanes of at least 4 members (excludes halogenated alkanes) is 1. The molecule has 0 amide bonds. The van der Waals surface area contributed by atoms with Crippen LogP contribution < -0.4 is 10.2 Å². The molecule has 6 heteroatoms. The van der Waals surface area contributed by atoms with Gasteiger partial charge in [0.25, 0.3) is 0 Å². The van der Waals surface area contributed by atoms with Crippen molar-refractivity contribution in [2.24, 2.45) is 0 Å². The Morgan fingerprint density at radius 3 is 2.65 bits per heavy atom. The molecule has 0 aliphatic rings. The molecule has 4 rings (SSSR count). The van der Waals surface area contributed by atoms with E-state index in [0.717, 1.165) is 31.5 Å². The van der Waals surface area contributed by atoms with Gasteiger partial charge in [-0.3, -0.25) is 4.79 Å². The van der Waals surface area contributed by atoms with Crippen molar-refractivity contribution < 1.29 is 19.4 Å². The van der Waals surface area contributed by atoms with Crippen molar-refractivity contribution in [3.05, 3.63) is 76.5 Å². The molecule has 0 saturated carbocycles. The van der Waals surface area contributed by atoms with E-state index in [0.29, 0.717) is 28.9 Å². The van der Waals surface area contributed by atoms with Crippen LogP contribution in [-0.4, -0.2) is 35.3 Å². The van der Waals surface area contributed by atoms with Crippen LogP contribution >= 0.6 is 0 Å². The summed E-state index contributed by atoms with van der Waals surface area (Å²) in [6.45, 7) is 2.15. The predicted octanol–water partition coefficient (Wildman–Crippen LogP) is 4.65. The molecule has 0 atom stereocenters. The van der Waals surface area contributed by atoms with E-state index >= 15 is 0 Å². The van der Waals surface area contributed by atoms with Crippen LogP contribution in [0.4, 0.5) is 0 Å². The average Bonchev–Trinajstić information content (AvgIpc) is 2.73. The molecule has 6 nitrogen and oxygen atoms in total. The molecule has 0 bridgehead atoms. The van der Waals surface area contributed by atoms with Crippen molar-refractivity contribution in [1.82, 2.24) is 4.90 Å². The molecule has 31 heavy (non-hydrogen) atoms. The van der Waals surface area contributed by atoms with E-state index in [1.807, 2.05) is 19.2 Å². The second-order valence-electron chi connectivity index (χ2n) is 7.71. The Hall–Kier alpha value is -3.51. The summed E-state index contributed by atoms with van der Waals surface area (Å²) < 4.78 is 11.6. The van der Waals surface area contributed by atoms with Crippen molar-refractivity contribution in [1.29, 1.82) is 0 Å². The Kier molecular flexibility index (Phi) is 6.09. The molecular weight excluding hydrogens is 394 g/mol. The number of rotatable bonds is 8. The van der Waals surface area contributed by atoms with Gasteiger partial charge in [0.15, 0.2) is 0 Å². The van der Waals surface area contributed by atoms with E-state index < -0.39 is 0 Å². The fraction of sp³-hybridized carbons (Fsp3) is 0.240. The van der Waals surface area contributed by atoms with Crippen LogP contribution in [0.2, 0.25) is 0 Å². The van der Waals surface area contributed by atoms with Crippen LogP contribution in [0.5, 0.6) is 17.2 Å². The monoisotopic (exact) mass is 419 g/mol. The first-order valence-electron chi connectivity index (χ1n) is 10.3. The van der Waals surface area contributed by atoms with Gasteiger partial charge in [-0.1, -0.05) is 24.3 Å². The summed E-state index contributed by atoms with van der Waals surface area (Å²) >= 11 is 0. The smallest absolute Gasteiger partial charge is 0.204 e. The lowest BCUT2D eigenvalue weighted by atomic mass is 10.1. The average molecular weight is 419 g/mol. The summed E-state index contributed by atoms with van der Waals surface area (Å²) in [5.74, 6) is 0.608. The van der Waals surface area contributed by atoms with Gasteiger partial charge in [-0.05, 0) is 56.3 Å². The molecule has 0 aliphatic heterocycles. The standard InChI is InChI=1S/C25H25NO5/c1-26(16-17-7-6-8-18(27)13-17)11-4-5-12-30-19-14-21(28)24-23(15-19)31-22-10-3-2-9-20(22)25(24)29/h2-3,6-10,13-15,27-28H,4-5,11-12,16H2,1H3. The number of ether oxygens (including phenoxy) is 1. The summed E-state index contributed by atoms with van der Waals surface area (Å²) in [6, 6.07) is 17.4. The molecule has 0 fully saturated rings.